The molecule has 1 aliphatic rings. The Balaban J connectivity index is 2.05. The quantitative estimate of drug-likeness (QED) is 0.866. The minimum atomic E-state index is -4.85. The summed E-state index contributed by atoms with van der Waals surface area (Å²) in [5.41, 5.74) is -0.406. The molecule has 0 bridgehead atoms. The van der Waals surface area contributed by atoms with Crippen molar-refractivity contribution in [2.24, 2.45) is 5.92 Å². The number of carbonyl (C=O) groups excluding carboxylic acids is 2. The van der Waals surface area contributed by atoms with Gasteiger partial charge < -0.3 is 15.3 Å². The number of benzene rings is 1. The molecule has 0 aliphatic carbocycles. The average molecular weight is 358 g/mol. The molecule has 2 N–H and O–H groups in total. The second kappa shape index (κ2) is 6.67. The number of aliphatic hydroxyl groups is 1. The van der Waals surface area contributed by atoms with Crippen molar-refractivity contribution in [2.75, 3.05) is 18.0 Å². The van der Waals surface area contributed by atoms with E-state index in [9.17, 15) is 27.9 Å². The van der Waals surface area contributed by atoms with Crippen LogP contribution in [0, 0.1) is 19.8 Å². The van der Waals surface area contributed by atoms with Gasteiger partial charge in [0, 0.05) is 18.7 Å². The summed E-state index contributed by atoms with van der Waals surface area (Å²) in [7, 11) is 0. The summed E-state index contributed by atoms with van der Waals surface area (Å²) in [5, 5.41) is 11.5. The molecule has 0 aromatic heterocycles. The Labute approximate surface area is 143 Å². The number of anilines is 1. The molecule has 5 nitrogen and oxygen atoms in total. The fourth-order valence-corrected chi connectivity index (χ4v) is 2.65. The first-order valence-corrected chi connectivity index (χ1v) is 7.87. The van der Waals surface area contributed by atoms with E-state index in [-0.39, 0.29) is 18.9 Å². The first kappa shape index (κ1) is 19.2. The van der Waals surface area contributed by atoms with Crippen molar-refractivity contribution in [2.45, 2.75) is 39.0 Å². The number of hydrogen-bond acceptors (Lipinski definition) is 3. The molecule has 25 heavy (non-hydrogen) atoms. The van der Waals surface area contributed by atoms with Crippen molar-refractivity contribution in [1.82, 2.24) is 5.32 Å². The molecular formula is C17H21F3N2O3. The molecule has 1 aromatic rings. The lowest BCUT2D eigenvalue weighted by Crippen LogP contribution is -2.52. The molecule has 1 fully saturated rings. The number of nitrogens with one attached hydrogen (secondary N) is 1. The smallest absolute Gasteiger partial charge is 0.379 e. The van der Waals surface area contributed by atoms with Gasteiger partial charge in [-0.3, -0.25) is 9.59 Å². The first-order chi connectivity index (χ1) is 11.4. The zero-order valence-electron chi connectivity index (χ0n) is 14.3. The number of amides is 2. The van der Waals surface area contributed by atoms with Crippen LogP contribution >= 0.6 is 0 Å². The van der Waals surface area contributed by atoms with Gasteiger partial charge in [-0.1, -0.05) is 12.1 Å². The molecule has 138 valence electrons. The fourth-order valence-electron chi connectivity index (χ4n) is 2.65. The van der Waals surface area contributed by atoms with Gasteiger partial charge in [0.05, 0.1) is 12.5 Å². The number of halogens is 3. The molecule has 2 rings (SSSR count). The van der Waals surface area contributed by atoms with E-state index >= 15 is 0 Å². The molecular weight excluding hydrogens is 337 g/mol. The largest absolute Gasteiger partial charge is 0.418 e. The van der Waals surface area contributed by atoms with Crippen molar-refractivity contribution in [3.05, 3.63) is 29.3 Å². The van der Waals surface area contributed by atoms with E-state index in [1.54, 1.807) is 12.1 Å². The fraction of sp³-hybridized carbons (Fsp3) is 0.529. The van der Waals surface area contributed by atoms with Crippen molar-refractivity contribution >= 4 is 17.5 Å². The third kappa shape index (κ3) is 3.95. The van der Waals surface area contributed by atoms with Crippen LogP contribution in [-0.2, 0) is 9.59 Å². The maximum absolute atomic E-state index is 12.6. The highest BCUT2D eigenvalue weighted by atomic mass is 19.4. The third-order valence-electron chi connectivity index (χ3n) is 4.58. The molecule has 0 spiro atoms. The van der Waals surface area contributed by atoms with Crippen LogP contribution in [0.2, 0.25) is 0 Å². The Morgan fingerprint density at radius 3 is 2.60 bits per heavy atom. The van der Waals surface area contributed by atoms with E-state index < -0.39 is 30.1 Å². The summed E-state index contributed by atoms with van der Waals surface area (Å²) >= 11 is 0. The number of rotatable bonds is 4. The predicted molar refractivity (Wildman–Crippen MR) is 86.1 cm³/mol. The second-order valence-electron chi connectivity index (χ2n) is 6.61. The Bertz CT molecular complexity index is 686. The van der Waals surface area contributed by atoms with Crippen LogP contribution in [0.15, 0.2) is 18.2 Å². The number of aryl methyl sites for hydroxylation is 1. The minimum Gasteiger partial charge on any atom is -0.379 e. The highest BCUT2D eigenvalue weighted by molar-refractivity contribution is 6.00. The highest BCUT2D eigenvalue weighted by Gasteiger charge is 2.50. The number of alkyl halides is 3. The Kier molecular flexibility index (Phi) is 5.13. The summed E-state index contributed by atoms with van der Waals surface area (Å²) in [4.78, 5) is 25.8. The zero-order chi connectivity index (χ0) is 19.0. The van der Waals surface area contributed by atoms with E-state index in [4.69, 9.17) is 0 Å². The Morgan fingerprint density at radius 1 is 1.36 bits per heavy atom. The summed E-state index contributed by atoms with van der Waals surface area (Å²) in [6.07, 6.45) is -4.93. The molecule has 2 atom stereocenters. The summed E-state index contributed by atoms with van der Waals surface area (Å²) in [5.74, 6) is -1.68. The van der Waals surface area contributed by atoms with Gasteiger partial charge in [-0.05, 0) is 38.0 Å². The minimum absolute atomic E-state index is 0.0760. The van der Waals surface area contributed by atoms with E-state index in [2.05, 4.69) is 5.32 Å². The molecule has 0 saturated carbocycles. The zero-order valence-corrected chi connectivity index (χ0v) is 14.3. The van der Waals surface area contributed by atoms with Crippen LogP contribution in [-0.4, -0.2) is 41.8 Å². The van der Waals surface area contributed by atoms with E-state index in [1.807, 2.05) is 19.9 Å². The SMILES string of the molecule is Cc1cccc(N2CC(C(=O)NCC(C)(O)C(F)(F)F)CC2=O)c1C. The first-order valence-electron chi connectivity index (χ1n) is 7.87. The lowest BCUT2D eigenvalue weighted by Gasteiger charge is -2.27. The average Bonchev–Trinajstić information content (AvgIpc) is 2.88. The van der Waals surface area contributed by atoms with Crippen molar-refractivity contribution in [1.29, 1.82) is 0 Å². The Hall–Kier alpha value is -2.09. The monoisotopic (exact) mass is 358 g/mol. The standard InChI is InChI=1S/C17H21F3N2O3/c1-10-5-4-6-13(11(10)2)22-8-12(7-14(22)23)15(24)21-9-16(3,25)17(18,19)20/h4-6,12,25H,7-9H2,1-3H3,(H,21,24). The molecule has 1 aromatic carbocycles. The maximum Gasteiger partial charge on any atom is 0.418 e. The van der Waals surface area contributed by atoms with Gasteiger partial charge in [0.15, 0.2) is 5.60 Å². The maximum atomic E-state index is 12.6. The van der Waals surface area contributed by atoms with Gasteiger partial charge >= 0.3 is 6.18 Å². The molecule has 0 radical (unpaired) electrons. The number of carbonyl (C=O) groups is 2. The van der Waals surface area contributed by atoms with Gasteiger partial charge in [0.1, 0.15) is 0 Å². The summed E-state index contributed by atoms with van der Waals surface area (Å²) in [6, 6.07) is 5.48. The summed E-state index contributed by atoms with van der Waals surface area (Å²) < 4.78 is 37.9. The van der Waals surface area contributed by atoms with Gasteiger partial charge in [-0.2, -0.15) is 13.2 Å². The van der Waals surface area contributed by atoms with Gasteiger partial charge in [0.2, 0.25) is 11.8 Å². The molecule has 2 amide bonds. The van der Waals surface area contributed by atoms with Crippen LogP contribution in [0.3, 0.4) is 0 Å². The van der Waals surface area contributed by atoms with Gasteiger partial charge in [-0.25, -0.2) is 0 Å². The lowest BCUT2D eigenvalue weighted by molar-refractivity contribution is -0.250. The van der Waals surface area contributed by atoms with Gasteiger partial charge in [-0.15, -0.1) is 0 Å². The van der Waals surface area contributed by atoms with E-state index in [0.717, 1.165) is 11.1 Å². The van der Waals surface area contributed by atoms with Crippen LogP contribution < -0.4 is 10.2 Å². The predicted octanol–water partition coefficient (Wildman–Crippen LogP) is 2.09. The normalized spacial score (nSPS) is 20.5. The third-order valence-corrected chi connectivity index (χ3v) is 4.58. The van der Waals surface area contributed by atoms with E-state index in [0.29, 0.717) is 12.6 Å². The number of hydrogen-bond donors (Lipinski definition) is 2. The van der Waals surface area contributed by atoms with E-state index in [1.165, 1.54) is 4.90 Å². The van der Waals surface area contributed by atoms with Crippen LogP contribution in [0.4, 0.5) is 18.9 Å². The van der Waals surface area contributed by atoms with Crippen LogP contribution in [0.1, 0.15) is 24.5 Å². The van der Waals surface area contributed by atoms with Crippen LogP contribution in [0.5, 0.6) is 0 Å². The van der Waals surface area contributed by atoms with Crippen molar-refractivity contribution in [3.63, 3.8) is 0 Å². The van der Waals surface area contributed by atoms with Crippen molar-refractivity contribution in [3.8, 4) is 0 Å². The summed E-state index contributed by atoms with van der Waals surface area (Å²) in [6.45, 7) is 3.51. The Morgan fingerprint density at radius 2 is 2.00 bits per heavy atom. The second-order valence-corrected chi connectivity index (χ2v) is 6.61. The molecule has 1 heterocycles. The molecule has 8 heteroatoms. The topological polar surface area (TPSA) is 69.6 Å². The lowest BCUT2D eigenvalue weighted by atomic mass is 10.0. The van der Waals surface area contributed by atoms with Crippen molar-refractivity contribution < 1.29 is 27.9 Å². The number of nitrogens with zero attached hydrogens (tertiary/aromatic N) is 1. The molecule has 2 unspecified atom stereocenters. The molecule has 1 aliphatic heterocycles. The molecule has 1 saturated heterocycles. The van der Waals surface area contributed by atoms with Gasteiger partial charge in [0.25, 0.3) is 0 Å². The highest BCUT2D eigenvalue weighted by Crippen LogP contribution is 2.31. The van der Waals surface area contributed by atoms with Crippen LogP contribution in [0.25, 0.3) is 0 Å².